The molecule has 150 valence electrons. The molecule has 10 heteroatoms. The number of non-ortho nitro benzene ring substituents is 1. The Labute approximate surface area is 167 Å². The standard InChI is InChI=1S/C19H18N4O5S/c1-14-5-7-15(8-6-14)18-9-10-19(22-21-18)28-12-11-20-29(26,27)17-4-2-3-16(13-17)23(24)25/h2-10,13,20H,11-12H2,1H3. The van der Waals surface area contributed by atoms with E-state index in [1.807, 2.05) is 31.2 Å². The topological polar surface area (TPSA) is 124 Å². The summed E-state index contributed by atoms with van der Waals surface area (Å²) in [5, 5.41) is 18.9. The van der Waals surface area contributed by atoms with Gasteiger partial charge in [0.15, 0.2) is 0 Å². The molecule has 1 aromatic heterocycles. The van der Waals surface area contributed by atoms with Crippen LogP contribution in [0.5, 0.6) is 5.88 Å². The minimum Gasteiger partial charge on any atom is -0.475 e. The van der Waals surface area contributed by atoms with Crippen molar-refractivity contribution >= 4 is 15.7 Å². The Morgan fingerprint density at radius 1 is 1.07 bits per heavy atom. The molecule has 1 N–H and O–H groups in total. The summed E-state index contributed by atoms with van der Waals surface area (Å²) in [6.07, 6.45) is 0. The molecule has 0 saturated carbocycles. The van der Waals surface area contributed by atoms with Crippen LogP contribution in [0.1, 0.15) is 5.56 Å². The highest BCUT2D eigenvalue weighted by molar-refractivity contribution is 7.89. The molecule has 9 nitrogen and oxygen atoms in total. The lowest BCUT2D eigenvalue weighted by Gasteiger charge is -2.08. The van der Waals surface area contributed by atoms with E-state index in [9.17, 15) is 18.5 Å². The molecule has 0 amide bonds. The molecule has 0 unspecified atom stereocenters. The van der Waals surface area contributed by atoms with E-state index in [0.717, 1.165) is 17.2 Å². The number of nitro groups is 1. The summed E-state index contributed by atoms with van der Waals surface area (Å²) in [5.41, 5.74) is 2.48. The lowest BCUT2D eigenvalue weighted by molar-refractivity contribution is -0.385. The SMILES string of the molecule is Cc1ccc(-c2ccc(OCCNS(=O)(=O)c3cccc([N+](=O)[O-])c3)nn2)cc1. The number of hydrogen-bond acceptors (Lipinski definition) is 7. The summed E-state index contributed by atoms with van der Waals surface area (Å²) >= 11 is 0. The van der Waals surface area contributed by atoms with Gasteiger partial charge in [-0.1, -0.05) is 35.9 Å². The highest BCUT2D eigenvalue weighted by Crippen LogP contribution is 2.19. The van der Waals surface area contributed by atoms with Gasteiger partial charge >= 0.3 is 0 Å². The van der Waals surface area contributed by atoms with Crippen molar-refractivity contribution in [3.8, 4) is 17.1 Å². The molecule has 0 saturated heterocycles. The first-order chi connectivity index (χ1) is 13.8. The van der Waals surface area contributed by atoms with Crippen LogP contribution in [0.15, 0.2) is 65.6 Å². The van der Waals surface area contributed by atoms with Crippen molar-refractivity contribution in [2.75, 3.05) is 13.2 Å². The van der Waals surface area contributed by atoms with Gasteiger partial charge in [0, 0.05) is 30.3 Å². The van der Waals surface area contributed by atoms with Gasteiger partial charge in [0.25, 0.3) is 5.69 Å². The van der Waals surface area contributed by atoms with Crippen molar-refractivity contribution in [1.29, 1.82) is 0 Å². The first-order valence-electron chi connectivity index (χ1n) is 8.63. The van der Waals surface area contributed by atoms with Crippen LogP contribution < -0.4 is 9.46 Å². The molecule has 0 atom stereocenters. The smallest absolute Gasteiger partial charge is 0.270 e. The number of hydrogen-bond donors (Lipinski definition) is 1. The van der Waals surface area contributed by atoms with Crippen molar-refractivity contribution in [3.63, 3.8) is 0 Å². The number of sulfonamides is 1. The van der Waals surface area contributed by atoms with Crippen LogP contribution in [-0.2, 0) is 10.0 Å². The summed E-state index contributed by atoms with van der Waals surface area (Å²) in [4.78, 5) is 9.95. The van der Waals surface area contributed by atoms with Gasteiger partial charge in [-0.15, -0.1) is 10.2 Å². The van der Waals surface area contributed by atoms with E-state index < -0.39 is 14.9 Å². The second-order valence-corrected chi connectivity index (χ2v) is 7.89. The fraction of sp³-hybridized carbons (Fsp3) is 0.158. The molecular weight excluding hydrogens is 396 g/mol. The van der Waals surface area contributed by atoms with Gasteiger partial charge in [0.05, 0.1) is 15.5 Å². The van der Waals surface area contributed by atoms with Crippen molar-refractivity contribution in [1.82, 2.24) is 14.9 Å². The van der Waals surface area contributed by atoms with Crippen LogP contribution in [-0.4, -0.2) is 36.7 Å². The molecule has 0 bridgehead atoms. The average Bonchev–Trinajstić information content (AvgIpc) is 2.72. The number of aryl methyl sites for hydroxylation is 1. The van der Waals surface area contributed by atoms with E-state index in [1.54, 1.807) is 12.1 Å². The maximum absolute atomic E-state index is 12.2. The highest BCUT2D eigenvalue weighted by Gasteiger charge is 2.17. The third kappa shape index (κ3) is 5.33. The van der Waals surface area contributed by atoms with Crippen LogP contribution in [0.4, 0.5) is 5.69 Å². The maximum atomic E-state index is 12.2. The minimum atomic E-state index is -3.89. The number of benzene rings is 2. The van der Waals surface area contributed by atoms with E-state index in [2.05, 4.69) is 14.9 Å². The molecule has 29 heavy (non-hydrogen) atoms. The molecule has 3 rings (SSSR count). The second kappa shape index (κ2) is 8.76. The third-order valence-corrected chi connectivity index (χ3v) is 5.43. The lowest BCUT2D eigenvalue weighted by Crippen LogP contribution is -2.28. The van der Waals surface area contributed by atoms with Crippen LogP contribution in [0.2, 0.25) is 0 Å². The van der Waals surface area contributed by atoms with E-state index in [1.165, 1.54) is 18.2 Å². The second-order valence-electron chi connectivity index (χ2n) is 6.12. The van der Waals surface area contributed by atoms with E-state index in [0.29, 0.717) is 5.69 Å². The van der Waals surface area contributed by atoms with Gasteiger partial charge in [0.1, 0.15) is 6.61 Å². The summed E-state index contributed by atoms with van der Waals surface area (Å²) in [6.45, 7) is 1.98. The zero-order chi connectivity index (χ0) is 20.9. The van der Waals surface area contributed by atoms with Crippen molar-refractivity contribution in [3.05, 3.63) is 76.3 Å². The van der Waals surface area contributed by atoms with Gasteiger partial charge in [-0.25, -0.2) is 13.1 Å². The molecule has 0 radical (unpaired) electrons. The van der Waals surface area contributed by atoms with Crippen molar-refractivity contribution in [2.24, 2.45) is 0 Å². The molecule has 0 aliphatic carbocycles. The van der Waals surface area contributed by atoms with Crippen LogP contribution >= 0.6 is 0 Å². The number of nitrogens with one attached hydrogen (secondary N) is 1. The molecule has 3 aromatic rings. The average molecular weight is 414 g/mol. The normalized spacial score (nSPS) is 11.2. The predicted molar refractivity (Wildman–Crippen MR) is 106 cm³/mol. The zero-order valence-corrected chi connectivity index (χ0v) is 16.3. The fourth-order valence-electron chi connectivity index (χ4n) is 2.45. The number of nitrogens with zero attached hydrogens (tertiary/aromatic N) is 3. The molecule has 0 spiro atoms. The van der Waals surface area contributed by atoms with E-state index in [-0.39, 0.29) is 29.6 Å². The molecule has 1 heterocycles. The maximum Gasteiger partial charge on any atom is 0.270 e. The summed E-state index contributed by atoms with van der Waals surface area (Å²) in [6, 6.07) is 16.1. The Bertz CT molecular complexity index is 1100. The Balaban J connectivity index is 1.54. The Hall–Kier alpha value is -3.37. The van der Waals surface area contributed by atoms with Crippen LogP contribution in [0.3, 0.4) is 0 Å². The van der Waals surface area contributed by atoms with Gasteiger partial charge in [0.2, 0.25) is 15.9 Å². The Morgan fingerprint density at radius 2 is 1.83 bits per heavy atom. The van der Waals surface area contributed by atoms with Gasteiger partial charge in [-0.05, 0) is 19.1 Å². The highest BCUT2D eigenvalue weighted by atomic mass is 32.2. The first kappa shape index (κ1) is 20.4. The van der Waals surface area contributed by atoms with Gasteiger partial charge in [-0.3, -0.25) is 10.1 Å². The van der Waals surface area contributed by atoms with E-state index in [4.69, 9.17) is 4.74 Å². The van der Waals surface area contributed by atoms with Crippen molar-refractivity contribution < 1.29 is 18.1 Å². The quantitative estimate of drug-likeness (QED) is 0.341. The zero-order valence-electron chi connectivity index (χ0n) is 15.5. The number of ether oxygens (including phenoxy) is 1. The van der Waals surface area contributed by atoms with Crippen molar-refractivity contribution in [2.45, 2.75) is 11.8 Å². The Kier molecular flexibility index (Phi) is 6.15. The number of aromatic nitrogens is 2. The molecular formula is C19H18N4O5S. The summed E-state index contributed by atoms with van der Waals surface area (Å²) < 4.78 is 32.2. The lowest BCUT2D eigenvalue weighted by atomic mass is 10.1. The molecule has 0 aliphatic heterocycles. The monoisotopic (exact) mass is 414 g/mol. The molecule has 0 aliphatic rings. The summed E-state index contributed by atoms with van der Waals surface area (Å²) in [7, 11) is -3.89. The summed E-state index contributed by atoms with van der Waals surface area (Å²) in [5.74, 6) is 0.260. The molecule has 2 aromatic carbocycles. The third-order valence-electron chi connectivity index (χ3n) is 3.97. The Morgan fingerprint density at radius 3 is 2.48 bits per heavy atom. The van der Waals surface area contributed by atoms with Crippen LogP contribution in [0.25, 0.3) is 11.3 Å². The van der Waals surface area contributed by atoms with Crippen LogP contribution in [0, 0.1) is 17.0 Å². The first-order valence-corrected chi connectivity index (χ1v) is 10.1. The van der Waals surface area contributed by atoms with Gasteiger partial charge in [-0.2, -0.15) is 0 Å². The minimum absolute atomic E-state index is 0.0206. The molecule has 0 fully saturated rings. The van der Waals surface area contributed by atoms with E-state index >= 15 is 0 Å². The fourth-order valence-corrected chi connectivity index (χ4v) is 3.51. The predicted octanol–water partition coefficient (Wildman–Crippen LogP) is 2.72. The number of rotatable bonds is 8. The largest absolute Gasteiger partial charge is 0.475 e. The number of nitro benzene ring substituents is 1. The van der Waals surface area contributed by atoms with Gasteiger partial charge < -0.3 is 4.74 Å².